The number of hydrogen-bond acceptors (Lipinski definition) is 3. The number of benzene rings is 2. The number of carbonyl (C=O) groups excluding carboxylic acids is 2. The van der Waals surface area contributed by atoms with Crippen LogP contribution in [0, 0.1) is 18.3 Å². The van der Waals surface area contributed by atoms with E-state index in [0.717, 1.165) is 16.0 Å². The van der Waals surface area contributed by atoms with Crippen LogP contribution in [-0.4, -0.2) is 17.0 Å². The second-order valence-electron chi connectivity index (χ2n) is 5.03. The third-order valence-corrected chi connectivity index (χ3v) is 3.24. The number of urea groups is 2. The molecule has 116 valence electrons. The zero-order valence-corrected chi connectivity index (χ0v) is 12.6. The van der Waals surface area contributed by atoms with Crippen LogP contribution in [0.3, 0.4) is 0 Å². The third kappa shape index (κ3) is 4.32. The molecule has 0 spiro atoms. The van der Waals surface area contributed by atoms with E-state index in [1.165, 1.54) is 0 Å². The fourth-order valence-corrected chi connectivity index (χ4v) is 1.94. The van der Waals surface area contributed by atoms with Gasteiger partial charge in [-0.3, -0.25) is 0 Å². The Balaban J connectivity index is 2.10. The molecule has 0 heterocycles. The van der Waals surface area contributed by atoms with Crippen molar-refractivity contribution in [3.63, 3.8) is 0 Å². The van der Waals surface area contributed by atoms with Crippen LogP contribution in [0.2, 0.25) is 0 Å². The molecule has 2 rings (SSSR count). The molecule has 0 bridgehead atoms. The van der Waals surface area contributed by atoms with Crippen molar-refractivity contribution in [3.05, 3.63) is 65.2 Å². The molecule has 23 heavy (non-hydrogen) atoms. The second kappa shape index (κ2) is 7.09. The average molecular weight is 308 g/mol. The molecule has 0 aromatic heterocycles. The van der Waals surface area contributed by atoms with Crippen LogP contribution in [-0.2, 0) is 6.54 Å². The monoisotopic (exact) mass is 308 g/mol. The molecule has 2 aromatic carbocycles. The van der Waals surface area contributed by atoms with Gasteiger partial charge in [0.1, 0.15) is 0 Å². The summed E-state index contributed by atoms with van der Waals surface area (Å²) in [4.78, 5) is 24.7. The summed E-state index contributed by atoms with van der Waals surface area (Å²) in [5, 5.41) is 11.3. The van der Waals surface area contributed by atoms with Crippen molar-refractivity contribution in [2.24, 2.45) is 5.73 Å². The zero-order chi connectivity index (χ0) is 16.8. The molecule has 0 saturated heterocycles. The summed E-state index contributed by atoms with van der Waals surface area (Å²) in [6.07, 6.45) is 0. The molecule has 6 nitrogen and oxygen atoms in total. The van der Waals surface area contributed by atoms with Gasteiger partial charge in [-0.15, -0.1) is 0 Å². The Morgan fingerprint density at radius 2 is 1.74 bits per heavy atom. The Labute approximate surface area is 134 Å². The smallest absolute Gasteiger partial charge is 0.330 e. The highest BCUT2D eigenvalue weighted by Gasteiger charge is 2.19. The zero-order valence-electron chi connectivity index (χ0n) is 12.6. The Kier molecular flexibility index (Phi) is 4.95. The maximum atomic E-state index is 12.2. The first-order chi connectivity index (χ1) is 11.0. The van der Waals surface area contributed by atoms with Gasteiger partial charge in [0.15, 0.2) is 0 Å². The highest BCUT2D eigenvalue weighted by molar-refractivity contribution is 6.00. The number of rotatable bonds is 3. The summed E-state index contributed by atoms with van der Waals surface area (Å²) < 4.78 is 0. The van der Waals surface area contributed by atoms with Gasteiger partial charge < -0.3 is 11.1 Å². The molecule has 0 fully saturated rings. The highest BCUT2D eigenvalue weighted by atomic mass is 16.2. The molecule has 3 N–H and O–H groups in total. The van der Waals surface area contributed by atoms with Crippen molar-refractivity contribution in [1.82, 2.24) is 4.90 Å². The van der Waals surface area contributed by atoms with Crippen LogP contribution >= 0.6 is 0 Å². The Morgan fingerprint density at radius 3 is 2.26 bits per heavy atom. The summed E-state index contributed by atoms with van der Waals surface area (Å²) in [5.41, 5.74) is 8.14. The minimum Gasteiger partial charge on any atom is -0.351 e. The van der Waals surface area contributed by atoms with Crippen molar-refractivity contribution < 1.29 is 9.59 Å². The predicted octanol–water partition coefficient (Wildman–Crippen LogP) is 2.98. The lowest BCUT2D eigenvalue weighted by Gasteiger charge is -2.19. The molecule has 6 heteroatoms. The van der Waals surface area contributed by atoms with Gasteiger partial charge in [0.2, 0.25) is 0 Å². The number of anilines is 1. The number of carbonyl (C=O) groups is 2. The third-order valence-electron chi connectivity index (χ3n) is 3.24. The van der Waals surface area contributed by atoms with Gasteiger partial charge in [-0.05, 0) is 36.8 Å². The van der Waals surface area contributed by atoms with Crippen LogP contribution in [0.25, 0.3) is 0 Å². The van der Waals surface area contributed by atoms with Crippen LogP contribution in [0.5, 0.6) is 0 Å². The predicted molar refractivity (Wildman–Crippen MR) is 86.5 cm³/mol. The van der Waals surface area contributed by atoms with E-state index >= 15 is 0 Å². The molecule has 0 radical (unpaired) electrons. The Bertz CT molecular complexity index is 746. The molecule has 0 atom stereocenters. The van der Waals surface area contributed by atoms with E-state index in [9.17, 15) is 9.59 Å². The molecule has 0 unspecified atom stereocenters. The molecule has 2 aromatic rings. The SMILES string of the molecule is Cc1ccc(CN(C(N)=O)C(=O)Nc2ccc(C#N)cc2)cc1. The average Bonchev–Trinajstić information content (AvgIpc) is 2.54. The standard InChI is InChI=1S/C17H16N4O2/c1-12-2-4-14(5-3-12)11-21(16(19)22)17(23)20-15-8-6-13(10-18)7-9-15/h2-9H,11H2,1H3,(H2,19,22)(H,20,23). The van der Waals surface area contributed by atoms with Crippen LogP contribution in [0.15, 0.2) is 48.5 Å². The van der Waals surface area contributed by atoms with E-state index in [1.807, 2.05) is 37.3 Å². The van der Waals surface area contributed by atoms with Gasteiger partial charge in [0, 0.05) is 5.69 Å². The van der Waals surface area contributed by atoms with E-state index in [2.05, 4.69) is 5.32 Å². The van der Waals surface area contributed by atoms with Crippen LogP contribution in [0.1, 0.15) is 16.7 Å². The minimum absolute atomic E-state index is 0.0811. The van der Waals surface area contributed by atoms with Gasteiger partial charge in [-0.25, -0.2) is 14.5 Å². The number of imide groups is 1. The molecule has 0 aliphatic heterocycles. The van der Waals surface area contributed by atoms with E-state index in [-0.39, 0.29) is 6.54 Å². The number of nitrogens with two attached hydrogens (primary N) is 1. The fraction of sp³-hybridized carbons (Fsp3) is 0.118. The first-order valence-corrected chi connectivity index (χ1v) is 6.93. The maximum absolute atomic E-state index is 12.2. The molecule has 4 amide bonds. The Hall–Kier alpha value is -3.33. The van der Waals surface area contributed by atoms with Crippen molar-refractivity contribution in [1.29, 1.82) is 5.26 Å². The molecule has 0 aliphatic rings. The number of nitrogens with zero attached hydrogens (tertiary/aromatic N) is 2. The topological polar surface area (TPSA) is 99.2 Å². The number of primary amides is 1. The Morgan fingerprint density at radius 1 is 1.13 bits per heavy atom. The number of aryl methyl sites for hydroxylation is 1. The number of nitrogens with one attached hydrogen (secondary N) is 1. The van der Waals surface area contributed by atoms with Crippen LogP contribution in [0.4, 0.5) is 15.3 Å². The van der Waals surface area contributed by atoms with Gasteiger partial charge in [0.05, 0.1) is 18.2 Å². The summed E-state index contributed by atoms with van der Waals surface area (Å²) in [7, 11) is 0. The van der Waals surface area contributed by atoms with Gasteiger partial charge in [-0.2, -0.15) is 5.26 Å². The van der Waals surface area contributed by atoms with Gasteiger partial charge in [-0.1, -0.05) is 29.8 Å². The van der Waals surface area contributed by atoms with E-state index < -0.39 is 12.1 Å². The molecule has 0 aliphatic carbocycles. The summed E-state index contributed by atoms with van der Waals surface area (Å²) in [5.74, 6) is 0. The quantitative estimate of drug-likeness (QED) is 0.911. The van der Waals surface area contributed by atoms with E-state index in [1.54, 1.807) is 24.3 Å². The lowest BCUT2D eigenvalue weighted by molar-refractivity contribution is 0.198. The summed E-state index contributed by atoms with van der Waals surface area (Å²) >= 11 is 0. The first-order valence-electron chi connectivity index (χ1n) is 6.93. The fourth-order valence-electron chi connectivity index (χ4n) is 1.94. The van der Waals surface area contributed by atoms with Crippen molar-refractivity contribution in [2.45, 2.75) is 13.5 Å². The molecule has 0 saturated carbocycles. The van der Waals surface area contributed by atoms with Gasteiger partial charge in [0.25, 0.3) is 0 Å². The lowest BCUT2D eigenvalue weighted by Crippen LogP contribution is -2.42. The van der Waals surface area contributed by atoms with Crippen molar-refractivity contribution in [2.75, 3.05) is 5.32 Å². The van der Waals surface area contributed by atoms with Crippen molar-refractivity contribution in [3.8, 4) is 6.07 Å². The minimum atomic E-state index is -0.836. The largest absolute Gasteiger partial charge is 0.351 e. The normalized spacial score (nSPS) is 9.74. The van der Waals surface area contributed by atoms with Crippen LogP contribution < -0.4 is 11.1 Å². The summed E-state index contributed by atoms with van der Waals surface area (Å²) in [6, 6.07) is 14.3. The van der Waals surface area contributed by atoms with E-state index in [0.29, 0.717) is 11.3 Å². The molecular weight excluding hydrogens is 292 g/mol. The molecular formula is C17H16N4O2. The van der Waals surface area contributed by atoms with Gasteiger partial charge >= 0.3 is 12.1 Å². The number of nitriles is 1. The second-order valence-corrected chi connectivity index (χ2v) is 5.03. The summed E-state index contributed by atoms with van der Waals surface area (Å²) in [6.45, 7) is 2.03. The first kappa shape index (κ1) is 16.0. The van der Waals surface area contributed by atoms with E-state index in [4.69, 9.17) is 11.0 Å². The highest BCUT2D eigenvalue weighted by Crippen LogP contribution is 2.12. The van der Waals surface area contributed by atoms with Crippen molar-refractivity contribution >= 4 is 17.7 Å². The lowest BCUT2D eigenvalue weighted by atomic mass is 10.1. The number of hydrogen-bond donors (Lipinski definition) is 2. The number of amides is 4. The maximum Gasteiger partial charge on any atom is 0.330 e.